The Kier molecular flexibility index (Phi) is 4.48. The largest absolute Gasteiger partial charge is 0.477 e. The molecule has 1 unspecified atom stereocenters. The van der Waals surface area contributed by atoms with Crippen molar-refractivity contribution in [3.63, 3.8) is 0 Å². The van der Waals surface area contributed by atoms with Gasteiger partial charge in [-0.1, -0.05) is 13.5 Å². The summed E-state index contributed by atoms with van der Waals surface area (Å²) in [7, 11) is 3.09. The molecule has 0 spiro atoms. The average Bonchev–Trinajstić information content (AvgIpc) is 2.12. The number of nitrogens with zero attached hydrogens (tertiary/aromatic N) is 1. The lowest BCUT2D eigenvalue weighted by atomic mass is 10.1. The first-order valence-electron chi connectivity index (χ1n) is 4.57. The molecule has 1 N–H and O–H groups in total. The van der Waals surface area contributed by atoms with Gasteiger partial charge in [0.1, 0.15) is 0 Å². The minimum atomic E-state index is -1.62. The van der Waals surface area contributed by atoms with Crippen LogP contribution in [-0.4, -0.2) is 41.8 Å². The van der Waals surface area contributed by atoms with Crippen LogP contribution in [0.25, 0.3) is 0 Å². The van der Waals surface area contributed by atoms with Crippen molar-refractivity contribution >= 4 is 11.9 Å². The zero-order valence-corrected chi connectivity index (χ0v) is 9.53. The fraction of sp³-hybridized carbons (Fsp3) is 0.600. The fourth-order valence-corrected chi connectivity index (χ4v) is 1.11. The molecule has 0 saturated heterocycles. The number of hydrogen-bond donors (Lipinski definition) is 1. The molecular weight excluding hydrogens is 198 g/mol. The van der Waals surface area contributed by atoms with Crippen molar-refractivity contribution in [1.29, 1.82) is 0 Å². The predicted octanol–water partition coefficient (Wildman–Crippen LogP) is 0.858. The minimum absolute atomic E-state index is 0.161. The van der Waals surface area contributed by atoms with Crippen molar-refractivity contribution < 1.29 is 19.4 Å². The van der Waals surface area contributed by atoms with Gasteiger partial charge < -0.3 is 9.84 Å². The Balaban J connectivity index is 5.03. The highest BCUT2D eigenvalue weighted by Gasteiger charge is 2.43. The summed E-state index contributed by atoms with van der Waals surface area (Å²) < 4.78 is 4.96. The quantitative estimate of drug-likeness (QED) is 0.418. The standard InChI is InChI=1S/C10H17NO4/c1-6-10(9(13)14,11(4)5)15-8(12)7(2)3/h2,6H2,1,3-5H3,(H,13,14). The second kappa shape index (κ2) is 4.93. The SMILES string of the molecule is C=C(C)C(=O)OC(CC)(C(=O)O)N(C)C. The van der Waals surface area contributed by atoms with Gasteiger partial charge in [0.05, 0.1) is 0 Å². The highest BCUT2D eigenvalue weighted by Crippen LogP contribution is 2.20. The number of carbonyl (C=O) groups is 2. The smallest absolute Gasteiger partial charge is 0.364 e. The zero-order valence-electron chi connectivity index (χ0n) is 9.53. The van der Waals surface area contributed by atoms with Crippen molar-refractivity contribution in [1.82, 2.24) is 4.90 Å². The second-order valence-electron chi connectivity index (χ2n) is 3.51. The van der Waals surface area contributed by atoms with Gasteiger partial charge in [-0.15, -0.1) is 0 Å². The molecule has 0 fully saturated rings. The van der Waals surface area contributed by atoms with Gasteiger partial charge >= 0.3 is 11.9 Å². The van der Waals surface area contributed by atoms with E-state index < -0.39 is 17.7 Å². The number of aliphatic carboxylic acids is 1. The van der Waals surface area contributed by atoms with Crippen LogP contribution >= 0.6 is 0 Å². The van der Waals surface area contributed by atoms with E-state index in [9.17, 15) is 9.59 Å². The Morgan fingerprint density at radius 1 is 1.47 bits per heavy atom. The molecule has 0 aliphatic carbocycles. The topological polar surface area (TPSA) is 66.8 Å². The minimum Gasteiger partial charge on any atom is -0.477 e. The first-order valence-corrected chi connectivity index (χ1v) is 4.57. The molecule has 5 nitrogen and oxygen atoms in total. The third-order valence-electron chi connectivity index (χ3n) is 2.15. The summed E-state index contributed by atoms with van der Waals surface area (Å²) in [6.07, 6.45) is 0.161. The Hall–Kier alpha value is -1.36. The Labute approximate surface area is 89.3 Å². The van der Waals surface area contributed by atoms with Crippen LogP contribution in [0.5, 0.6) is 0 Å². The monoisotopic (exact) mass is 215 g/mol. The summed E-state index contributed by atoms with van der Waals surface area (Å²) in [5, 5.41) is 9.08. The lowest BCUT2D eigenvalue weighted by molar-refractivity contribution is -0.197. The molecule has 0 aliphatic rings. The van der Waals surface area contributed by atoms with E-state index >= 15 is 0 Å². The maximum atomic E-state index is 11.3. The number of esters is 1. The molecule has 86 valence electrons. The summed E-state index contributed by atoms with van der Waals surface area (Å²) in [6.45, 7) is 6.52. The van der Waals surface area contributed by atoms with E-state index in [4.69, 9.17) is 9.84 Å². The van der Waals surface area contributed by atoms with Crippen molar-refractivity contribution in [2.24, 2.45) is 0 Å². The summed E-state index contributed by atoms with van der Waals surface area (Å²) >= 11 is 0. The van der Waals surface area contributed by atoms with Gasteiger partial charge in [-0.3, -0.25) is 4.90 Å². The van der Waals surface area contributed by atoms with Gasteiger partial charge in [0.25, 0.3) is 5.72 Å². The van der Waals surface area contributed by atoms with Gasteiger partial charge in [-0.2, -0.15) is 0 Å². The number of ether oxygens (including phenoxy) is 1. The van der Waals surface area contributed by atoms with Crippen molar-refractivity contribution in [2.75, 3.05) is 14.1 Å². The van der Waals surface area contributed by atoms with Gasteiger partial charge in [0.2, 0.25) is 0 Å². The van der Waals surface area contributed by atoms with Gasteiger partial charge in [-0.05, 0) is 21.0 Å². The number of rotatable bonds is 5. The number of carboxylic acid groups (broad SMARTS) is 1. The molecular formula is C10H17NO4. The van der Waals surface area contributed by atoms with Crippen LogP contribution in [0.3, 0.4) is 0 Å². The van der Waals surface area contributed by atoms with Crippen LogP contribution in [0, 0.1) is 0 Å². The van der Waals surface area contributed by atoms with E-state index in [1.54, 1.807) is 21.0 Å². The molecule has 0 saturated carbocycles. The molecule has 1 atom stereocenters. The van der Waals surface area contributed by atoms with Crippen LogP contribution in [0.15, 0.2) is 12.2 Å². The lowest BCUT2D eigenvalue weighted by Crippen LogP contribution is -2.54. The molecule has 0 amide bonds. The van der Waals surface area contributed by atoms with Crippen molar-refractivity contribution in [3.05, 3.63) is 12.2 Å². The number of likely N-dealkylation sites (N-methyl/N-ethyl adjacent to an activating group) is 1. The maximum Gasteiger partial charge on any atom is 0.364 e. The maximum absolute atomic E-state index is 11.3. The van der Waals surface area contributed by atoms with Gasteiger partial charge in [0.15, 0.2) is 0 Å². The third kappa shape index (κ3) is 2.79. The van der Waals surface area contributed by atoms with Crippen LogP contribution in [0.1, 0.15) is 20.3 Å². The highest BCUT2D eigenvalue weighted by molar-refractivity contribution is 5.90. The van der Waals surface area contributed by atoms with E-state index in [1.807, 2.05) is 0 Å². The second-order valence-corrected chi connectivity index (χ2v) is 3.51. The van der Waals surface area contributed by atoms with E-state index in [2.05, 4.69) is 6.58 Å². The molecule has 0 aromatic carbocycles. The lowest BCUT2D eigenvalue weighted by Gasteiger charge is -2.34. The summed E-state index contributed by atoms with van der Waals surface area (Å²) in [5.41, 5.74) is -1.44. The van der Waals surface area contributed by atoms with Gasteiger partial charge in [0, 0.05) is 12.0 Å². The summed E-state index contributed by atoms with van der Waals surface area (Å²) in [6, 6.07) is 0. The molecule has 5 heteroatoms. The highest BCUT2D eigenvalue weighted by atomic mass is 16.6. The number of carbonyl (C=O) groups excluding carboxylic acids is 1. The molecule has 0 radical (unpaired) electrons. The molecule has 0 aromatic rings. The predicted molar refractivity (Wildman–Crippen MR) is 55.3 cm³/mol. The zero-order chi connectivity index (χ0) is 12.2. The average molecular weight is 215 g/mol. The van der Waals surface area contributed by atoms with Crippen molar-refractivity contribution in [3.8, 4) is 0 Å². The van der Waals surface area contributed by atoms with Crippen LogP contribution in [0.2, 0.25) is 0 Å². The van der Waals surface area contributed by atoms with Crippen LogP contribution < -0.4 is 0 Å². The molecule has 0 aromatic heterocycles. The number of carboxylic acids is 1. The molecule has 0 heterocycles. The summed E-state index contributed by atoms with van der Waals surface area (Å²) in [5.74, 6) is -1.89. The van der Waals surface area contributed by atoms with E-state index in [1.165, 1.54) is 11.8 Å². The van der Waals surface area contributed by atoms with Gasteiger partial charge in [-0.25, -0.2) is 9.59 Å². The molecule has 15 heavy (non-hydrogen) atoms. The normalized spacial score (nSPS) is 14.5. The Morgan fingerprint density at radius 3 is 2.13 bits per heavy atom. The van der Waals surface area contributed by atoms with E-state index in [0.29, 0.717) is 0 Å². The first kappa shape index (κ1) is 13.6. The number of hydrogen-bond acceptors (Lipinski definition) is 4. The molecule has 0 aliphatic heterocycles. The summed E-state index contributed by atoms with van der Waals surface area (Å²) in [4.78, 5) is 23.8. The Bertz CT molecular complexity index is 285. The van der Waals surface area contributed by atoms with E-state index in [0.717, 1.165) is 0 Å². The van der Waals surface area contributed by atoms with Crippen LogP contribution in [-0.2, 0) is 14.3 Å². The van der Waals surface area contributed by atoms with Crippen molar-refractivity contribution in [2.45, 2.75) is 26.0 Å². The van der Waals surface area contributed by atoms with Crippen LogP contribution in [0.4, 0.5) is 0 Å². The Morgan fingerprint density at radius 2 is 1.93 bits per heavy atom. The molecule has 0 bridgehead atoms. The molecule has 0 rings (SSSR count). The third-order valence-corrected chi connectivity index (χ3v) is 2.15. The van der Waals surface area contributed by atoms with E-state index in [-0.39, 0.29) is 12.0 Å². The fourth-order valence-electron chi connectivity index (χ4n) is 1.11. The first-order chi connectivity index (χ1) is 6.77.